The molecular weight excluding hydrogens is 188 g/mol. The number of carbonyl (C=O) groups is 1. The maximum absolute atomic E-state index is 11.3. The van der Waals surface area contributed by atoms with E-state index in [1.807, 2.05) is 0 Å². The van der Waals surface area contributed by atoms with Gasteiger partial charge in [-0.3, -0.25) is 4.79 Å². The lowest BCUT2D eigenvalue weighted by atomic mass is 9.79. The number of ketones is 1. The van der Waals surface area contributed by atoms with Crippen molar-refractivity contribution in [3.8, 4) is 0 Å². The molecule has 0 aliphatic heterocycles. The molecule has 0 aromatic heterocycles. The summed E-state index contributed by atoms with van der Waals surface area (Å²) in [6, 6.07) is 0. The quantitative estimate of drug-likeness (QED) is 0.617. The van der Waals surface area contributed by atoms with Gasteiger partial charge in [0.2, 0.25) is 0 Å². The average molecular weight is 214 g/mol. The zero-order valence-electron chi connectivity index (χ0n) is 10.9. The highest BCUT2D eigenvalue weighted by Gasteiger charge is 2.35. The van der Waals surface area contributed by atoms with E-state index in [0.717, 1.165) is 25.7 Å². The fraction of sp³-hybridized carbons (Fsp3) is 0.923. The van der Waals surface area contributed by atoms with Gasteiger partial charge in [0.15, 0.2) is 0 Å². The molecule has 0 aliphatic rings. The number of carbonyl (C=O) groups excluding carboxylic acids is 1. The molecule has 0 saturated heterocycles. The van der Waals surface area contributed by atoms with Crippen LogP contribution in [0.1, 0.15) is 59.8 Å². The van der Waals surface area contributed by atoms with Crippen LogP contribution < -0.4 is 0 Å². The van der Waals surface area contributed by atoms with E-state index in [1.54, 1.807) is 14.0 Å². The molecule has 0 rings (SSSR count). The molecule has 0 aromatic rings. The number of hydrogen-bond acceptors (Lipinski definition) is 2. The molecule has 0 spiro atoms. The summed E-state index contributed by atoms with van der Waals surface area (Å²) in [5.41, 5.74) is -0.226. The molecule has 0 saturated carbocycles. The van der Waals surface area contributed by atoms with Crippen LogP contribution in [0.25, 0.3) is 0 Å². The van der Waals surface area contributed by atoms with Crippen molar-refractivity contribution in [1.29, 1.82) is 0 Å². The average Bonchev–Trinajstić information content (AvgIpc) is 2.22. The normalized spacial score (nSPS) is 17.1. The molecule has 0 N–H and O–H groups in total. The van der Waals surface area contributed by atoms with Crippen LogP contribution in [0.2, 0.25) is 0 Å². The third-order valence-corrected chi connectivity index (χ3v) is 3.42. The van der Waals surface area contributed by atoms with Crippen LogP contribution in [-0.2, 0) is 9.53 Å². The van der Waals surface area contributed by atoms with Crippen LogP contribution in [0, 0.1) is 5.92 Å². The second-order valence-electron chi connectivity index (χ2n) is 4.56. The lowest BCUT2D eigenvalue weighted by Gasteiger charge is -2.37. The molecule has 0 aliphatic carbocycles. The third kappa shape index (κ3) is 4.33. The van der Waals surface area contributed by atoms with Crippen LogP contribution in [0.3, 0.4) is 0 Å². The number of rotatable bonds is 8. The number of methoxy groups -OCH3 is 1. The monoisotopic (exact) mass is 214 g/mol. The predicted molar refractivity (Wildman–Crippen MR) is 64.0 cm³/mol. The van der Waals surface area contributed by atoms with E-state index in [9.17, 15) is 4.79 Å². The first-order valence-electron chi connectivity index (χ1n) is 6.07. The molecule has 0 heterocycles. The standard InChI is InChI=1S/C13H26O2/c1-6-8-9-13(15-5,10-12(4)14)11(3)7-2/h11H,6-10H2,1-5H3. The fourth-order valence-electron chi connectivity index (χ4n) is 2.15. The molecule has 2 heteroatoms. The predicted octanol–water partition coefficient (Wildman–Crippen LogP) is 3.59. The van der Waals surface area contributed by atoms with Gasteiger partial charge in [0.25, 0.3) is 0 Å². The van der Waals surface area contributed by atoms with E-state index < -0.39 is 0 Å². The Morgan fingerprint density at radius 2 is 2.00 bits per heavy atom. The minimum absolute atomic E-state index is 0.226. The second kappa shape index (κ2) is 7.00. The van der Waals surface area contributed by atoms with Crippen molar-refractivity contribution in [3.05, 3.63) is 0 Å². The topological polar surface area (TPSA) is 26.3 Å². The molecule has 15 heavy (non-hydrogen) atoms. The van der Waals surface area contributed by atoms with Crippen molar-refractivity contribution in [1.82, 2.24) is 0 Å². The van der Waals surface area contributed by atoms with Gasteiger partial charge in [-0.1, -0.05) is 40.0 Å². The van der Waals surface area contributed by atoms with Crippen LogP contribution >= 0.6 is 0 Å². The van der Waals surface area contributed by atoms with E-state index in [4.69, 9.17) is 4.74 Å². The highest BCUT2D eigenvalue weighted by atomic mass is 16.5. The van der Waals surface area contributed by atoms with Crippen molar-refractivity contribution in [2.75, 3.05) is 7.11 Å². The molecule has 0 radical (unpaired) electrons. The van der Waals surface area contributed by atoms with Gasteiger partial charge in [0.05, 0.1) is 5.60 Å². The number of ether oxygens (including phenoxy) is 1. The van der Waals surface area contributed by atoms with Crippen LogP contribution in [0.4, 0.5) is 0 Å². The summed E-state index contributed by atoms with van der Waals surface area (Å²) in [4.78, 5) is 11.3. The van der Waals surface area contributed by atoms with Gasteiger partial charge in [-0.15, -0.1) is 0 Å². The Balaban J connectivity index is 4.66. The smallest absolute Gasteiger partial charge is 0.132 e. The van der Waals surface area contributed by atoms with Crippen LogP contribution in [-0.4, -0.2) is 18.5 Å². The van der Waals surface area contributed by atoms with Crippen molar-refractivity contribution in [3.63, 3.8) is 0 Å². The number of hydrogen-bond donors (Lipinski definition) is 0. The Bertz CT molecular complexity index is 189. The molecule has 0 bridgehead atoms. The van der Waals surface area contributed by atoms with Crippen molar-refractivity contribution in [2.24, 2.45) is 5.92 Å². The number of unbranched alkanes of at least 4 members (excludes halogenated alkanes) is 1. The van der Waals surface area contributed by atoms with Gasteiger partial charge in [0.1, 0.15) is 5.78 Å². The van der Waals surface area contributed by atoms with Gasteiger partial charge in [0, 0.05) is 13.5 Å². The summed E-state index contributed by atoms with van der Waals surface area (Å²) in [6.45, 7) is 8.17. The first-order chi connectivity index (χ1) is 7.02. The van der Waals surface area contributed by atoms with E-state index in [2.05, 4.69) is 20.8 Å². The lowest BCUT2D eigenvalue weighted by molar-refractivity contribution is -0.128. The first-order valence-corrected chi connectivity index (χ1v) is 6.07. The maximum atomic E-state index is 11.3. The molecule has 90 valence electrons. The molecule has 0 aromatic carbocycles. The molecule has 2 unspecified atom stereocenters. The van der Waals surface area contributed by atoms with Crippen LogP contribution in [0.5, 0.6) is 0 Å². The summed E-state index contributed by atoms with van der Waals surface area (Å²) in [6.07, 6.45) is 4.89. The Morgan fingerprint density at radius 3 is 2.33 bits per heavy atom. The van der Waals surface area contributed by atoms with Crippen LogP contribution in [0.15, 0.2) is 0 Å². The van der Waals surface area contributed by atoms with E-state index >= 15 is 0 Å². The summed E-state index contributed by atoms with van der Waals surface area (Å²) in [7, 11) is 1.74. The molecule has 2 nitrogen and oxygen atoms in total. The van der Waals surface area contributed by atoms with Crippen molar-refractivity contribution in [2.45, 2.75) is 65.4 Å². The van der Waals surface area contributed by atoms with Gasteiger partial charge >= 0.3 is 0 Å². The van der Waals surface area contributed by atoms with Gasteiger partial charge in [-0.05, 0) is 19.3 Å². The molecular formula is C13H26O2. The van der Waals surface area contributed by atoms with Crippen molar-refractivity contribution >= 4 is 5.78 Å². The number of Topliss-reactive ketones (excluding diaryl/α,β-unsaturated/α-hetero) is 1. The van der Waals surface area contributed by atoms with E-state index in [-0.39, 0.29) is 11.4 Å². The Hall–Kier alpha value is -0.370. The summed E-state index contributed by atoms with van der Waals surface area (Å²) < 4.78 is 5.68. The maximum Gasteiger partial charge on any atom is 0.132 e. The SMILES string of the molecule is CCCCC(CC(C)=O)(OC)C(C)CC. The van der Waals surface area contributed by atoms with Gasteiger partial charge in [-0.25, -0.2) is 0 Å². The van der Waals surface area contributed by atoms with Crippen molar-refractivity contribution < 1.29 is 9.53 Å². The molecule has 0 amide bonds. The first kappa shape index (κ1) is 14.6. The van der Waals surface area contributed by atoms with E-state index in [0.29, 0.717) is 12.3 Å². The third-order valence-electron chi connectivity index (χ3n) is 3.42. The van der Waals surface area contributed by atoms with E-state index in [1.165, 1.54) is 0 Å². The lowest BCUT2D eigenvalue weighted by Crippen LogP contribution is -2.40. The summed E-state index contributed by atoms with van der Waals surface area (Å²) >= 11 is 0. The minimum Gasteiger partial charge on any atom is -0.378 e. The zero-order valence-corrected chi connectivity index (χ0v) is 10.9. The molecule has 0 fully saturated rings. The summed E-state index contributed by atoms with van der Waals surface area (Å²) in [5.74, 6) is 0.672. The molecule has 2 atom stereocenters. The van der Waals surface area contributed by atoms with Gasteiger partial charge < -0.3 is 4.74 Å². The largest absolute Gasteiger partial charge is 0.378 e. The Labute approximate surface area is 94.4 Å². The highest BCUT2D eigenvalue weighted by Crippen LogP contribution is 2.33. The minimum atomic E-state index is -0.226. The Morgan fingerprint density at radius 1 is 1.40 bits per heavy atom. The Kier molecular flexibility index (Phi) is 6.82. The highest BCUT2D eigenvalue weighted by molar-refractivity contribution is 5.76. The fourth-order valence-corrected chi connectivity index (χ4v) is 2.15. The zero-order chi connectivity index (χ0) is 11.9. The van der Waals surface area contributed by atoms with Gasteiger partial charge in [-0.2, -0.15) is 0 Å². The second-order valence-corrected chi connectivity index (χ2v) is 4.56. The summed E-state index contributed by atoms with van der Waals surface area (Å²) in [5, 5.41) is 0.